The van der Waals surface area contributed by atoms with Gasteiger partial charge in [0.15, 0.2) is 10.8 Å². The van der Waals surface area contributed by atoms with Crippen molar-refractivity contribution in [2.45, 2.75) is 22.4 Å². The van der Waals surface area contributed by atoms with Gasteiger partial charge in [-0.25, -0.2) is 15.0 Å². The van der Waals surface area contributed by atoms with Gasteiger partial charge in [0.05, 0.1) is 17.3 Å². The van der Waals surface area contributed by atoms with Gasteiger partial charge in [0.1, 0.15) is 11.8 Å². The number of hydrogen-bond acceptors (Lipinski definition) is 4. The van der Waals surface area contributed by atoms with E-state index in [0.29, 0.717) is 23.3 Å². The standard InChI is InChI=1S/C13H6F6N4S/c14-12(15,16)6-1-2-9(7(3-6)13(17,18)19)24-11-22-8-4-20-5-21-10(8)23-11/h1-5H,(H,20,21,22,23). The molecule has 0 amide bonds. The highest BCUT2D eigenvalue weighted by Crippen LogP contribution is 2.42. The number of imidazole rings is 1. The quantitative estimate of drug-likeness (QED) is 0.679. The molecule has 24 heavy (non-hydrogen) atoms. The first kappa shape index (κ1) is 16.6. The number of halogens is 6. The number of nitrogens with one attached hydrogen (secondary N) is 1. The van der Waals surface area contributed by atoms with Crippen molar-refractivity contribution >= 4 is 22.9 Å². The zero-order valence-corrected chi connectivity index (χ0v) is 12.2. The Morgan fingerprint density at radius 1 is 1.00 bits per heavy atom. The van der Waals surface area contributed by atoms with Crippen LogP contribution in [0.25, 0.3) is 11.2 Å². The Kier molecular flexibility index (Phi) is 3.90. The summed E-state index contributed by atoms with van der Waals surface area (Å²) in [5.74, 6) is 0. The number of aromatic amines is 1. The Bertz CT molecular complexity index is 853. The van der Waals surface area contributed by atoms with E-state index in [1.54, 1.807) is 0 Å². The molecule has 4 nitrogen and oxygen atoms in total. The molecule has 0 atom stereocenters. The van der Waals surface area contributed by atoms with Crippen molar-refractivity contribution in [1.29, 1.82) is 0 Å². The maximum absolute atomic E-state index is 13.1. The number of fused-ring (bicyclic) bond motifs is 1. The van der Waals surface area contributed by atoms with Gasteiger partial charge in [-0.2, -0.15) is 26.3 Å². The SMILES string of the molecule is FC(F)(F)c1ccc(Sc2nc3ncncc3[nH]2)c(C(F)(F)F)c1. The fourth-order valence-electron chi connectivity index (χ4n) is 1.91. The van der Waals surface area contributed by atoms with E-state index >= 15 is 0 Å². The molecule has 11 heteroatoms. The van der Waals surface area contributed by atoms with E-state index in [0.717, 1.165) is 6.07 Å². The number of nitrogens with zero attached hydrogens (tertiary/aromatic N) is 3. The molecule has 0 spiro atoms. The summed E-state index contributed by atoms with van der Waals surface area (Å²) in [6.45, 7) is 0. The van der Waals surface area contributed by atoms with Crippen molar-refractivity contribution in [2.24, 2.45) is 0 Å². The lowest BCUT2D eigenvalue weighted by Crippen LogP contribution is -2.11. The summed E-state index contributed by atoms with van der Waals surface area (Å²) in [6, 6.07) is 1.46. The molecule has 0 bridgehead atoms. The molecular formula is C13H6F6N4S. The summed E-state index contributed by atoms with van der Waals surface area (Å²) >= 11 is 0.564. The zero-order chi connectivity index (χ0) is 17.5. The molecule has 126 valence electrons. The Labute approximate surface area is 134 Å². The molecule has 0 saturated heterocycles. The number of hydrogen-bond donors (Lipinski definition) is 1. The molecule has 3 aromatic rings. The minimum Gasteiger partial charge on any atom is -0.330 e. The van der Waals surface area contributed by atoms with Crippen molar-refractivity contribution in [1.82, 2.24) is 19.9 Å². The second-order valence-corrected chi connectivity index (χ2v) is 5.64. The average Bonchev–Trinajstić information content (AvgIpc) is 2.87. The fraction of sp³-hybridized carbons (Fsp3) is 0.154. The smallest absolute Gasteiger partial charge is 0.330 e. The minimum absolute atomic E-state index is 0.0655. The average molecular weight is 364 g/mol. The molecule has 0 aliphatic rings. The maximum atomic E-state index is 13.1. The van der Waals surface area contributed by atoms with Gasteiger partial charge in [-0.1, -0.05) is 11.8 Å². The van der Waals surface area contributed by atoms with Crippen LogP contribution < -0.4 is 0 Å². The molecule has 0 unspecified atom stereocenters. The van der Waals surface area contributed by atoms with Gasteiger partial charge in [-0.05, 0) is 18.2 Å². The van der Waals surface area contributed by atoms with Crippen LogP contribution in [0, 0.1) is 0 Å². The van der Waals surface area contributed by atoms with Gasteiger partial charge >= 0.3 is 12.4 Å². The Morgan fingerprint density at radius 3 is 2.38 bits per heavy atom. The van der Waals surface area contributed by atoms with Crippen LogP contribution in [0.2, 0.25) is 0 Å². The molecule has 0 aliphatic carbocycles. The minimum atomic E-state index is -4.94. The first-order valence-electron chi connectivity index (χ1n) is 6.26. The largest absolute Gasteiger partial charge is 0.417 e. The van der Waals surface area contributed by atoms with E-state index in [4.69, 9.17) is 0 Å². The zero-order valence-electron chi connectivity index (χ0n) is 11.4. The van der Waals surface area contributed by atoms with Crippen LogP contribution >= 0.6 is 11.8 Å². The van der Waals surface area contributed by atoms with E-state index in [9.17, 15) is 26.3 Å². The van der Waals surface area contributed by atoms with Gasteiger partial charge in [-0.15, -0.1) is 0 Å². The van der Waals surface area contributed by atoms with E-state index in [-0.39, 0.29) is 16.9 Å². The molecule has 0 fully saturated rings. The van der Waals surface area contributed by atoms with Crippen LogP contribution in [0.3, 0.4) is 0 Å². The van der Waals surface area contributed by atoms with Gasteiger partial charge in [0, 0.05) is 4.90 Å². The Morgan fingerprint density at radius 2 is 1.75 bits per heavy atom. The third-order valence-corrected chi connectivity index (χ3v) is 3.92. The van der Waals surface area contributed by atoms with Crippen LogP contribution in [0.1, 0.15) is 11.1 Å². The van der Waals surface area contributed by atoms with Crippen molar-refractivity contribution in [3.8, 4) is 0 Å². The Hall–Kier alpha value is -2.30. The van der Waals surface area contributed by atoms with E-state index in [1.807, 2.05) is 0 Å². The first-order valence-corrected chi connectivity index (χ1v) is 7.08. The number of alkyl halides is 6. The van der Waals surface area contributed by atoms with Crippen molar-refractivity contribution in [3.63, 3.8) is 0 Å². The molecule has 0 aliphatic heterocycles. The predicted molar refractivity (Wildman–Crippen MR) is 72.3 cm³/mol. The Balaban J connectivity index is 2.03. The number of rotatable bonds is 2. The van der Waals surface area contributed by atoms with Crippen molar-refractivity contribution < 1.29 is 26.3 Å². The van der Waals surface area contributed by atoms with Crippen LogP contribution in [0.5, 0.6) is 0 Å². The van der Waals surface area contributed by atoms with Gasteiger partial charge in [0.25, 0.3) is 0 Å². The second-order valence-electron chi connectivity index (χ2n) is 4.61. The van der Waals surface area contributed by atoms with Gasteiger partial charge in [0.2, 0.25) is 0 Å². The number of H-pyrrole nitrogens is 1. The maximum Gasteiger partial charge on any atom is 0.417 e. The summed E-state index contributed by atoms with van der Waals surface area (Å²) in [5, 5.41) is 0.0655. The molecule has 0 radical (unpaired) electrons. The lowest BCUT2D eigenvalue weighted by Gasteiger charge is -2.14. The summed E-state index contributed by atoms with van der Waals surface area (Å²) in [7, 11) is 0. The first-order chi connectivity index (χ1) is 11.1. The van der Waals surface area contributed by atoms with Crippen LogP contribution in [-0.2, 0) is 12.4 Å². The highest BCUT2D eigenvalue weighted by atomic mass is 32.2. The lowest BCUT2D eigenvalue weighted by molar-refractivity contribution is -0.144. The highest BCUT2D eigenvalue weighted by Gasteiger charge is 2.38. The monoisotopic (exact) mass is 364 g/mol. The molecule has 3 rings (SSSR count). The van der Waals surface area contributed by atoms with E-state index < -0.39 is 28.4 Å². The predicted octanol–water partition coefficient (Wildman–Crippen LogP) is 4.54. The van der Waals surface area contributed by atoms with Crippen molar-refractivity contribution in [3.05, 3.63) is 41.9 Å². The normalized spacial score (nSPS) is 12.8. The lowest BCUT2D eigenvalue weighted by atomic mass is 10.1. The van der Waals surface area contributed by atoms with Gasteiger partial charge in [-0.3, -0.25) is 0 Å². The second kappa shape index (κ2) is 5.65. The molecule has 1 N–H and O–H groups in total. The van der Waals surface area contributed by atoms with E-state index in [2.05, 4.69) is 19.9 Å². The molecule has 2 heterocycles. The summed E-state index contributed by atoms with van der Waals surface area (Å²) in [5.41, 5.74) is -2.10. The summed E-state index contributed by atoms with van der Waals surface area (Å²) < 4.78 is 77.2. The molecule has 1 aromatic carbocycles. The summed E-state index contributed by atoms with van der Waals surface area (Å²) in [4.78, 5) is 13.8. The number of aromatic nitrogens is 4. The van der Waals surface area contributed by atoms with Crippen molar-refractivity contribution in [2.75, 3.05) is 0 Å². The van der Waals surface area contributed by atoms with Gasteiger partial charge < -0.3 is 4.98 Å². The third-order valence-electron chi connectivity index (χ3n) is 2.96. The number of benzene rings is 1. The fourth-order valence-corrected chi connectivity index (χ4v) is 2.83. The molecular weight excluding hydrogens is 358 g/mol. The summed E-state index contributed by atoms with van der Waals surface area (Å²) in [6.07, 6.45) is -7.19. The van der Waals surface area contributed by atoms with Crippen LogP contribution in [-0.4, -0.2) is 19.9 Å². The molecule has 2 aromatic heterocycles. The third kappa shape index (κ3) is 3.30. The van der Waals surface area contributed by atoms with Crippen LogP contribution in [0.15, 0.2) is 40.8 Å². The van der Waals surface area contributed by atoms with Crippen LogP contribution in [0.4, 0.5) is 26.3 Å². The topological polar surface area (TPSA) is 54.5 Å². The van der Waals surface area contributed by atoms with E-state index in [1.165, 1.54) is 12.5 Å². The highest BCUT2D eigenvalue weighted by molar-refractivity contribution is 7.99. The molecule has 0 saturated carbocycles.